The molecule has 2 aliphatic heterocycles. The van der Waals surface area contributed by atoms with Crippen molar-refractivity contribution >= 4 is 34.8 Å². The topological polar surface area (TPSA) is 113 Å². The lowest BCUT2D eigenvalue weighted by Crippen LogP contribution is -2.55. The number of hydrogen-bond donors (Lipinski definition) is 2. The third-order valence-electron chi connectivity index (χ3n) is 6.23. The molecule has 2 aliphatic rings. The van der Waals surface area contributed by atoms with Gasteiger partial charge in [-0.25, -0.2) is 4.85 Å². The van der Waals surface area contributed by atoms with E-state index >= 15 is 0 Å². The number of aliphatic hydroxyl groups excluding tert-OH is 1. The van der Waals surface area contributed by atoms with Gasteiger partial charge < -0.3 is 29.7 Å². The lowest BCUT2D eigenvalue weighted by Gasteiger charge is -2.34. The second kappa shape index (κ2) is 11.3. The van der Waals surface area contributed by atoms with Crippen LogP contribution in [0, 0.1) is 6.57 Å². The van der Waals surface area contributed by atoms with Gasteiger partial charge in [0.1, 0.15) is 0 Å². The number of rotatable bonds is 6. The number of amides is 3. The summed E-state index contributed by atoms with van der Waals surface area (Å²) in [6, 6.07) is 11.6. The van der Waals surface area contributed by atoms with Gasteiger partial charge in [0.25, 0.3) is 17.7 Å². The number of aliphatic hydroxyl groups is 1. The summed E-state index contributed by atoms with van der Waals surface area (Å²) >= 11 is 0. The van der Waals surface area contributed by atoms with E-state index in [9.17, 15) is 19.5 Å². The molecule has 0 saturated carbocycles. The average Bonchev–Trinajstić information content (AvgIpc) is 2.92. The van der Waals surface area contributed by atoms with E-state index in [-0.39, 0.29) is 19.1 Å². The van der Waals surface area contributed by atoms with E-state index in [0.29, 0.717) is 55.3 Å². The van der Waals surface area contributed by atoms with Gasteiger partial charge in [0, 0.05) is 36.6 Å². The second-order valence-electron chi connectivity index (χ2n) is 8.48. The molecule has 2 fully saturated rings. The number of nitrogens with one attached hydrogen (secondary N) is 1. The molecule has 2 aromatic rings. The number of anilines is 2. The number of benzene rings is 2. The van der Waals surface area contributed by atoms with Crippen molar-refractivity contribution in [3.63, 3.8) is 0 Å². The molecule has 36 heavy (non-hydrogen) atoms. The minimum absolute atomic E-state index is 0.113. The molecule has 2 saturated heterocycles. The summed E-state index contributed by atoms with van der Waals surface area (Å²) in [5.74, 6) is -1.51. The third kappa shape index (κ3) is 5.39. The van der Waals surface area contributed by atoms with E-state index in [1.807, 2.05) is 6.92 Å². The second-order valence-corrected chi connectivity index (χ2v) is 8.48. The zero-order valence-electron chi connectivity index (χ0n) is 20.0. The Balaban J connectivity index is 1.46. The van der Waals surface area contributed by atoms with Gasteiger partial charge in [0.15, 0.2) is 17.9 Å². The summed E-state index contributed by atoms with van der Waals surface area (Å²) < 4.78 is 10.8. The largest absolute Gasteiger partial charge is 0.380 e. The summed E-state index contributed by atoms with van der Waals surface area (Å²) in [6.45, 7) is 11.4. The van der Waals surface area contributed by atoms with Gasteiger partial charge in [0.2, 0.25) is 0 Å². The predicted molar refractivity (Wildman–Crippen MR) is 132 cm³/mol. The Morgan fingerprint density at radius 2 is 1.94 bits per heavy atom. The van der Waals surface area contributed by atoms with Crippen LogP contribution in [0.5, 0.6) is 0 Å². The minimum atomic E-state index is -1.75. The lowest BCUT2D eigenvalue weighted by molar-refractivity contribution is -0.150. The third-order valence-corrected chi connectivity index (χ3v) is 6.23. The highest BCUT2D eigenvalue weighted by atomic mass is 16.5. The summed E-state index contributed by atoms with van der Waals surface area (Å²) in [4.78, 5) is 45.4. The molecule has 2 heterocycles. The molecule has 0 aromatic heterocycles. The van der Waals surface area contributed by atoms with Crippen LogP contribution in [0.15, 0.2) is 42.5 Å². The highest BCUT2D eigenvalue weighted by molar-refractivity contribution is 6.04. The first-order chi connectivity index (χ1) is 17.4. The fourth-order valence-electron chi connectivity index (χ4n) is 4.25. The molecule has 2 aromatic carbocycles. The number of nitrogens with zero attached hydrogens (tertiary/aromatic N) is 3. The van der Waals surface area contributed by atoms with Crippen molar-refractivity contribution in [3.05, 3.63) is 65.0 Å². The molecule has 10 nitrogen and oxygen atoms in total. The van der Waals surface area contributed by atoms with Crippen molar-refractivity contribution in [2.24, 2.45) is 0 Å². The first-order valence-electron chi connectivity index (χ1n) is 11.8. The minimum Gasteiger partial charge on any atom is -0.380 e. The Hall–Kier alpha value is -3.78. The maximum absolute atomic E-state index is 13.2. The molecule has 2 atom stereocenters. The zero-order chi connectivity index (χ0) is 25.7. The van der Waals surface area contributed by atoms with Crippen LogP contribution in [0.1, 0.15) is 22.8 Å². The van der Waals surface area contributed by atoms with Gasteiger partial charge in [-0.1, -0.05) is 19.1 Å². The maximum atomic E-state index is 13.2. The summed E-state index contributed by atoms with van der Waals surface area (Å²) in [5.41, 5.74) is 2.60. The molecule has 188 valence electrons. The van der Waals surface area contributed by atoms with Gasteiger partial charge >= 0.3 is 0 Å². The first-order valence-corrected chi connectivity index (χ1v) is 11.8. The number of aryl methyl sites for hydroxylation is 1. The molecule has 0 bridgehead atoms. The standard InChI is InChI=1S/C26H28N4O6/c1-3-17-15-19(7-8-21(17)27-2)28-24(32)22(31)23-26(34)30(11-14-36-23)20-6-4-5-18(16-20)25(33)29-9-12-35-13-10-29/h4-8,15-16,22-23,31H,3,9-14H2,1H3,(H,28,32)/t22-,23-/m1/s1. The van der Waals surface area contributed by atoms with E-state index in [1.54, 1.807) is 47.4 Å². The van der Waals surface area contributed by atoms with E-state index in [1.165, 1.54) is 4.90 Å². The van der Waals surface area contributed by atoms with Crippen LogP contribution in [0.25, 0.3) is 4.85 Å². The van der Waals surface area contributed by atoms with Crippen molar-refractivity contribution in [1.82, 2.24) is 4.90 Å². The van der Waals surface area contributed by atoms with Crippen LogP contribution in [0.2, 0.25) is 0 Å². The molecule has 4 rings (SSSR count). The van der Waals surface area contributed by atoms with Crippen LogP contribution in [0.3, 0.4) is 0 Å². The molecule has 3 amide bonds. The van der Waals surface area contributed by atoms with Gasteiger partial charge in [-0.2, -0.15) is 0 Å². The Morgan fingerprint density at radius 1 is 1.17 bits per heavy atom. The van der Waals surface area contributed by atoms with Gasteiger partial charge in [0.05, 0.1) is 26.4 Å². The van der Waals surface area contributed by atoms with Crippen molar-refractivity contribution in [2.45, 2.75) is 25.6 Å². The van der Waals surface area contributed by atoms with E-state index in [2.05, 4.69) is 10.2 Å². The number of carbonyl (C=O) groups is 3. The van der Waals surface area contributed by atoms with Crippen molar-refractivity contribution in [2.75, 3.05) is 49.7 Å². The van der Waals surface area contributed by atoms with Gasteiger partial charge in [-0.15, -0.1) is 0 Å². The Bertz CT molecular complexity index is 1190. The Morgan fingerprint density at radius 3 is 2.67 bits per heavy atom. The SMILES string of the molecule is [C-]#[N+]c1ccc(NC(=O)[C@H](O)[C@H]2OCCN(c3cccc(C(=O)N4CCOCC4)c3)C2=O)cc1CC. The summed E-state index contributed by atoms with van der Waals surface area (Å²) in [7, 11) is 0. The highest BCUT2D eigenvalue weighted by Crippen LogP contribution is 2.25. The van der Waals surface area contributed by atoms with E-state index < -0.39 is 24.0 Å². The van der Waals surface area contributed by atoms with E-state index in [4.69, 9.17) is 16.0 Å². The predicted octanol–water partition coefficient (Wildman–Crippen LogP) is 2.00. The van der Waals surface area contributed by atoms with Crippen LogP contribution in [-0.2, 0) is 25.5 Å². The number of morpholine rings is 2. The van der Waals surface area contributed by atoms with Crippen molar-refractivity contribution < 1.29 is 29.0 Å². The number of ether oxygens (including phenoxy) is 2. The quantitative estimate of drug-likeness (QED) is 0.597. The first kappa shape index (κ1) is 25.3. The van der Waals surface area contributed by atoms with Crippen LogP contribution < -0.4 is 10.2 Å². The van der Waals surface area contributed by atoms with Gasteiger partial charge in [-0.3, -0.25) is 14.4 Å². The molecule has 2 N–H and O–H groups in total. The maximum Gasteiger partial charge on any atom is 0.259 e. The molecule has 0 radical (unpaired) electrons. The molecule has 10 heteroatoms. The normalized spacial score (nSPS) is 18.9. The number of hydrogen-bond acceptors (Lipinski definition) is 6. The fraction of sp³-hybridized carbons (Fsp3) is 0.385. The molecular weight excluding hydrogens is 464 g/mol. The van der Waals surface area contributed by atoms with Crippen molar-refractivity contribution in [3.8, 4) is 0 Å². The fourth-order valence-corrected chi connectivity index (χ4v) is 4.25. The molecule has 0 unspecified atom stereocenters. The van der Waals surface area contributed by atoms with Crippen LogP contribution in [-0.4, -0.2) is 79.4 Å². The molecule has 0 spiro atoms. The average molecular weight is 493 g/mol. The summed E-state index contributed by atoms with van der Waals surface area (Å²) in [5, 5.41) is 13.3. The molecule has 0 aliphatic carbocycles. The van der Waals surface area contributed by atoms with E-state index in [0.717, 1.165) is 5.56 Å². The lowest BCUT2D eigenvalue weighted by atomic mass is 10.1. The van der Waals surface area contributed by atoms with Crippen LogP contribution >= 0.6 is 0 Å². The van der Waals surface area contributed by atoms with Crippen molar-refractivity contribution in [1.29, 1.82) is 0 Å². The molecular formula is C26H28N4O6. The number of carbonyl (C=O) groups excluding carboxylic acids is 3. The van der Waals surface area contributed by atoms with Crippen LogP contribution in [0.4, 0.5) is 17.1 Å². The monoisotopic (exact) mass is 492 g/mol. The Kier molecular flexibility index (Phi) is 7.95. The smallest absolute Gasteiger partial charge is 0.259 e. The highest BCUT2D eigenvalue weighted by Gasteiger charge is 2.39. The summed E-state index contributed by atoms with van der Waals surface area (Å²) in [6.07, 6.45) is -2.54. The Labute approximate surface area is 209 Å². The van der Waals surface area contributed by atoms with Gasteiger partial charge in [-0.05, 0) is 42.3 Å². The zero-order valence-corrected chi connectivity index (χ0v) is 20.0.